The topological polar surface area (TPSA) is 34.2 Å². The Morgan fingerprint density at radius 1 is 0.636 bits per heavy atom. The van der Waals surface area contributed by atoms with Crippen LogP contribution >= 0.6 is 0 Å². The third-order valence-electron chi connectivity index (χ3n) is 6.49. The average molecular weight is 447 g/mol. The first kappa shape index (κ1) is 23.1. The van der Waals surface area contributed by atoms with Gasteiger partial charge in [-0.05, 0) is 41.3 Å². The van der Waals surface area contributed by atoms with E-state index in [0.717, 1.165) is 50.6 Å². The molecule has 1 saturated heterocycles. The molecule has 0 radical (unpaired) electrons. The van der Waals surface area contributed by atoms with Crippen molar-refractivity contribution >= 4 is 0 Å². The zero-order chi connectivity index (χ0) is 23.2. The van der Waals surface area contributed by atoms with Crippen LogP contribution in [0.15, 0.2) is 60.7 Å². The minimum atomic E-state index is 0.657. The van der Waals surface area contributed by atoms with E-state index in [-0.39, 0.29) is 0 Å². The highest BCUT2D eigenvalue weighted by molar-refractivity contribution is 5.64. The van der Waals surface area contributed by atoms with Crippen LogP contribution in [0.3, 0.4) is 0 Å². The predicted molar refractivity (Wildman–Crippen MR) is 133 cm³/mol. The summed E-state index contributed by atoms with van der Waals surface area (Å²) in [7, 11) is 4.98. The molecule has 4 rings (SSSR count). The highest BCUT2D eigenvalue weighted by Gasteiger charge is 2.21. The molecular formula is C28H34N2O3. The number of methoxy groups -OCH3 is 3. The van der Waals surface area contributed by atoms with Crippen molar-refractivity contribution in [1.82, 2.24) is 9.80 Å². The summed E-state index contributed by atoms with van der Waals surface area (Å²) in [4.78, 5) is 5.03. The summed E-state index contributed by atoms with van der Waals surface area (Å²) in [6, 6.07) is 21.5. The largest absolute Gasteiger partial charge is 0.493 e. The third kappa shape index (κ3) is 5.32. The second kappa shape index (κ2) is 10.7. The lowest BCUT2D eigenvalue weighted by atomic mass is 9.99. The molecule has 5 nitrogen and oxygen atoms in total. The van der Waals surface area contributed by atoms with Gasteiger partial charge in [-0.15, -0.1) is 0 Å². The molecule has 3 aromatic rings. The zero-order valence-electron chi connectivity index (χ0n) is 20.1. The summed E-state index contributed by atoms with van der Waals surface area (Å²) in [5.74, 6) is 2.11. The van der Waals surface area contributed by atoms with E-state index in [4.69, 9.17) is 14.2 Å². The molecule has 3 aromatic carbocycles. The number of piperazine rings is 1. The number of rotatable bonds is 8. The second-order valence-electron chi connectivity index (χ2n) is 8.55. The first-order valence-corrected chi connectivity index (χ1v) is 11.5. The van der Waals surface area contributed by atoms with Crippen LogP contribution in [0.2, 0.25) is 0 Å². The van der Waals surface area contributed by atoms with E-state index in [1.165, 1.54) is 22.3 Å². The fraction of sp³-hybridized carbons (Fsp3) is 0.357. The molecule has 0 saturated carbocycles. The molecule has 174 valence electrons. The Bertz CT molecular complexity index is 1060. The van der Waals surface area contributed by atoms with E-state index >= 15 is 0 Å². The number of hydrogen-bond acceptors (Lipinski definition) is 5. The summed E-state index contributed by atoms with van der Waals surface area (Å²) >= 11 is 0. The van der Waals surface area contributed by atoms with Crippen molar-refractivity contribution < 1.29 is 14.2 Å². The van der Waals surface area contributed by atoms with E-state index in [1.54, 1.807) is 21.3 Å². The van der Waals surface area contributed by atoms with E-state index in [0.29, 0.717) is 11.5 Å². The van der Waals surface area contributed by atoms with Gasteiger partial charge >= 0.3 is 0 Å². The number of ether oxygens (including phenoxy) is 3. The van der Waals surface area contributed by atoms with Gasteiger partial charge < -0.3 is 14.2 Å². The number of nitrogens with zero attached hydrogens (tertiary/aromatic N) is 2. The van der Waals surface area contributed by atoms with Crippen LogP contribution in [-0.2, 0) is 13.1 Å². The molecular weight excluding hydrogens is 412 g/mol. The van der Waals surface area contributed by atoms with Crippen LogP contribution in [0.25, 0.3) is 11.1 Å². The number of aryl methyl sites for hydroxylation is 1. The van der Waals surface area contributed by atoms with Gasteiger partial charge in [0.2, 0.25) is 5.75 Å². The lowest BCUT2D eigenvalue weighted by Crippen LogP contribution is -2.45. The monoisotopic (exact) mass is 446 g/mol. The van der Waals surface area contributed by atoms with Crippen molar-refractivity contribution in [3.8, 4) is 28.4 Å². The average Bonchev–Trinajstić information content (AvgIpc) is 2.86. The van der Waals surface area contributed by atoms with Crippen molar-refractivity contribution in [1.29, 1.82) is 0 Å². The van der Waals surface area contributed by atoms with Gasteiger partial charge in [-0.2, -0.15) is 0 Å². The number of hydrogen-bond donors (Lipinski definition) is 0. The SMILES string of the molecule is COc1ccc(CN2CCN(Cc3cc(-c4ccccc4)ccc3C)CC2)c(OC)c1OC. The van der Waals surface area contributed by atoms with Crippen LogP contribution in [0.4, 0.5) is 0 Å². The predicted octanol–water partition coefficient (Wildman–Crippen LogP) is 5.01. The van der Waals surface area contributed by atoms with E-state index in [1.807, 2.05) is 6.07 Å². The van der Waals surface area contributed by atoms with Crippen molar-refractivity contribution in [2.45, 2.75) is 20.0 Å². The van der Waals surface area contributed by atoms with Crippen LogP contribution in [0.5, 0.6) is 17.2 Å². The second-order valence-corrected chi connectivity index (χ2v) is 8.55. The smallest absolute Gasteiger partial charge is 0.203 e. The van der Waals surface area contributed by atoms with Crippen molar-refractivity contribution in [2.75, 3.05) is 47.5 Å². The highest BCUT2D eigenvalue weighted by Crippen LogP contribution is 2.40. The van der Waals surface area contributed by atoms with E-state index < -0.39 is 0 Å². The van der Waals surface area contributed by atoms with E-state index in [2.05, 4.69) is 71.3 Å². The number of benzene rings is 3. The molecule has 0 bridgehead atoms. The van der Waals surface area contributed by atoms with Crippen molar-refractivity contribution in [3.63, 3.8) is 0 Å². The van der Waals surface area contributed by atoms with Crippen molar-refractivity contribution in [3.05, 3.63) is 77.4 Å². The Morgan fingerprint density at radius 2 is 1.27 bits per heavy atom. The minimum Gasteiger partial charge on any atom is -0.493 e. The molecule has 1 aliphatic rings. The molecule has 1 fully saturated rings. The Balaban J connectivity index is 1.39. The third-order valence-corrected chi connectivity index (χ3v) is 6.49. The van der Waals surface area contributed by atoms with Gasteiger partial charge in [0.1, 0.15) is 0 Å². The normalized spacial score (nSPS) is 14.8. The van der Waals surface area contributed by atoms with Crippen molar-refractivity contribution in [2.24, 2.45) is 0 Å². The zero-order valence-corrected chi connectivity index (χ0v) is 20.1. The molecule has 0 spiro atoms. The first-order valence-electron chi connectivity index (χ1n) is 11.5. The molecule has 1 aliphatic heterocycles. The molecule has 0 aliphatic carbocycles. The van der Waals surface area contributed by atoms with E-state index in [9.17, 15) is 0 Å². The molecule has 0 aromatic heterocycles. The lowest BCUT2D eigenvalue weighted by Gasteiger charge is -2.35. The standard InChI is InChI=1S/C28H34N2O3/c1-21-10-11-23(22-8-6-5-7-9-22)18-25(21)20-30-16-14-29(15-17-30)19-24-12-13-26(31-2)28(33-4)27(24)32-3/h5-13,18H,14-17,19-20H2,1-4H3. The summed E-state index contributed by atoms with van der Waals surface area (Å²) in [6.07, 6.45) is 0. The van der Waals surface area contributed by atoms with Gasteiger partial charge in [-0.25, -0.2) is 0 Å². The molecule has 0 N–H and O–H groups in total. The molecule has 1 heterocycles. The molecule has 5 heteroatoms. The molecule has 0 unspecified atom stereocenters. The van der Waals surface area contributed by atoms with Gasteiger partial charge in [-0.3, -0.25) is 9.80 Å². The van der Waals surface area contributed by atoms with Gasteiger partial charge in [0.15, 0.2) is 11.5 Å². The van der Waals surface area contributed by atoms with Gasteiger partial charge in [0.05, 0.1) is 21.3 Å². The first-order chi connectivity index (χ1) is 16.1. The summed E-state index contributed by atoms with van der Waals surface area (Å²) in [5.41, 5.74) is 6.44. The molecule has 0 amide bonds. The Labute approximate surface area is 197 Å². The highest BCUT2D eigenvalue weighted by atomic mass is 16.5. The van der Waals surface area contributed by atoms with Gasteiger partial charge in [-0.1, -0.05) is 48.5 Å². The van der Waals surface area contributed by atoms with Crippen LogP contribution in [-0.4, -0.2) is 57.3 Å². The van der Waals surface area contributed by atoms with Crippen LogP contribution in [0.1, 0.15) is 16.7 Å². The summed E-state index contributed by atoms with van der Waals surface area (Å²) in [5, 5.41) is 0. The van der Waals surface area contributed by atoms with Gasteiger partial charge in [0.25, 0.3) is 0 Å². The molecule has 33 heavy (non-hydrogen) atoms. The summed E-state index contributed by atoms with van der Waals surface area (Å²) < 4.78 is 16.6. The Kier molecular flexibility index (Phi) is 7.53. The van der Waals surface area contributed by atoms with Crippen LogP contribution < -0.4 is 14.2 Å². The molecule has 0 atom stereocenters. The van der Waals surface area contributed by atoms with Crippen LogP contribution in [0, 0.1) is 6.92 Å². The lowest BCUT2D eigenvalue weighted by molar-refractivity contribution is 0.121. The maximum absolute atomic E-state index is 5.67. The maximum atomic E-state index is 5.67. The minimum absolute atomic E-state index is 0.657. The fourth-order valence-electron chi connectivity index (χ4n) is 4.53. The van der Waals surface area contributed by atoms with Gasteiger partial charge in [0, 0.05) is 44.8 Å². The Morgan fingerprint density at radius 3 is 1.88 bits per heavy atom. The quantitative estimate of drug-likeness (QED) is 0.486. The fourth-order valence-corrected chi connectivity index (χ4v) is 4.53. The Hall–Kier alpha value is -3.02. The maximum Gasteiger partial charge on any atom is 0.203 e. The summed E-state index contributed by atoms with van der Waals surface area (Å²) in [6.45, 7) is 8.17.